The number of alkyl halides is 3. The topological polar surface area (TPSA) is 85.8 Å². The van der Waals surface area contributed by atoms with Crippen LogP contribution in [0.4, 0.5) is 29.5 Å². The number of pyridine rings is 1. The van der Waals surface area contributed by atoms with E-state index in [1.54, 1.807) is 4.90 Å². The number of nitrogens with zero attached hydrogens (tertiary/aromatic N) is 3. The first-order valence-corrected chi connectivity index (χ1v) is 9.38. The van der Waals surface area contributed by atoms with Gasteiger partial charge in [0, 0.05) is 41.9 Å². The zero-order valence-corrected chi connectivity index (χ0v) is 16.7. The van der Waals surface area contributed by atoms with Gasteiger partial charge in [0.25, 0.3) is 0 Å². The molecule has 2 heterocycles. The Bertz CT molecular complexity index is 959. The van der Waals surface area contributed by atoms with Crippen LogP contribution in [0, 0.1) is 0 Å². The van der Waals surface area contributed by atoms with Gasteiger partial charge in [-0.05, 0) is 30.3 Å². The molecule has 1 aromatic carbocycles. The summed E-state index contributed by atoms with van der Waals surface area (Å²) < 4.78 is 39.5. The lowest BCUT2D eigenvalue weighted by molar-refractivity contribution is -0.141. The van der Waals surface area contributed by atoms with Crippen molar-refractivity contribution in [1.82, 2.24) is 9.88 Å². The standard InChI is InChI=1S/C18H15Cl2F3N4O3/c19-10-7-11(20)9-12(8-10)24-17(30)27-5-3-26(4-6-27)14-2-1-13(16(28)29)15(25-14)18(21,22)23/h1-2,7-9H,3-6H2,(H,24,30)(H,28,29). The Morgan fingerprint density at radius 2 is 1.63 bits per heavy atom. The number of halogens is 5. The summed E-state index contributed by atoms with van der Waals surface area (Å²) in [4.78, 5) is 30.0. The molecule has 2 N–H and O–H groups in total. The molecule has 1 fully saturated rings. The lowest BCUT2D eigenvalue weighted by Crippen LogP contribution is -2.50. The van der Waals surface area contributed by atoms with Crippen LogP contribution in [0.2, 0.25) is 10.0 Å². The zero-order chi connectivity index (χ0) is 22.1. The highest BCUT2D eigenvalue weighted by molar-refractivity contribution is 6.35. The Kier molecular flexibility index (Phi) is 6.27. The van der Waals surface area contributed by atoms with Crippen molar-refractivity contribution >= 4 is 46.7 Å². The number of amides is 2. The SMILES string of the molecule is O=C(O)c1ccc(N2CCN(C(=O)Nc3cc(Cl)cc(Cl)c3)CC2)nc1C(F)(F)F. The van der Waals surface area contributed by atoms with E-state index >= 15 is 0 Å². The van der Waals surface area contributed by atoms with Gasteiger partial charge in [0.1, 0.15) is 5.82 Å². The van der Waals surface area contributed by atoms with Gasteiger partial charge in [-0.3, -0.25) is 0 Å². The van der Waals surface area contributed by atoms with Gasteiger partial charge in [-0.25, -0.2) is 14.6 Å². The average Bonchev–Trinajstić information content (AvgIpc) is 2.66. The number of carbonyl (C=O) groups excluding carboxylic acids is 1. The second kappa shape index (κ2) is 8.57. The number of hydrogen-bond donors (Lipinski definition) is 2. The second-order valence-electron chi connectivity index (χ2n) is 6.43. The van der Waals surface area contributed by atoms with E-state index in [-0.39, 0.29) is 32.0 Å². The van der Waals surface area contributed by atoms with Crippen molar-refractivity contribution in [3.05, 3.63) is 51.6 Å². The monoisotopic (exact) mass is 462 g/mol. The van der Waals surface area contributed by atoms with E-state index in [1.165, 1.54) is 29.2 Å². The second-order valence-corrected chi connectivity index (χ2v) is 7.30. The molecule has 2 amide bonds. The smallest absolute Gasteiger partial charge is 0.434 e. The van der Waals surface area contributed by atoms with E-state index in [1.807, 2.05) is 0 Å². The van der Waals surface area contributed by atoms with E-state index in [2.05, 4.69) is 10.3 Å². The number of piperazine rings is 1. The fourth-order valence-corrected chi connectivity index (χ4v) is 3.51. The van der Waals surface area contributed by atoms with Crippen LogP contribution in [0.15, 0.2) is 30.3 Å². The molecule has 12 heteroatoms. The number of aromatic nitrogens is 1. The first-order valence-electron chi connectivity index (χ1n) is 8.63. The molecule has 0 unspecified atom stereocenters. The molecule has 2 aromatic rings. The highest BCUT2D eigenvalue weighted by Gasteiger charge is 2.38. The van der Waals surface area contributed by atoms with Crippen LogP contribution in [-0.4, -0.2) is 53.2 Å². The zero-order valence-electron chi connectivity index (χ0n) is 15.2. The Balaban J connectivity index is 1.68. The van der Waals surface area contributed by atoms with Crippen molar-refractivity contribution in [2.45, 2.75) is 6.18 Å². The predicted octanol–water partition coefficient (Wildman–Crippen LogP) is 4.46. The fourth-order valence-electron chi connectivity index (χ4n) is 2.98. The number of carboxylic acids is 1. The number of aromatic carboxylic acids is 1. The Morgan fingerprint density at radius 3 is 2.17 bits per heavy atom. The van der Waals surface area contributed by atoms with E-state index in [0.29, 0.717) is 15.7 Å². The van der Waals surface area contributed by atoms with Gasteiger partial charge >= 0.3 is 18.2 Å². The van der Waals surface area contributed by atoms with Crippen molar-refractivity contribution in [1.29, 1.82) is 0 Å². The molecule has 30 heavy (non-hydrogen) atoms. The summed E-state index contributed by atoms with van der Waals surface area (Å²) >= 11 is 11.8. The number of carboxylic acid groups (broad SMARTS) is 1. The molecule has 0 saturated carbocycles. The molecule has 0 atom stereocenters. The minimum absolute atomic E-state index is 0.00555. The van der Waals surface area contributed by atoms with Crippen molar-refractivity contribution in [3.63, 3.8) is 0 Å². The summed E-state index contributed by atoms with van der Waals surface area (Å²) in [7, 11) is 0. The number of benzene rings is 1. The molecule has 160 valence electrons. The molecule has 0 spiro atoms. The molecule has 3 rings (SSSR count). The Labute approximate surface area is 179 Å². The molecule has 1 aliphatic rings. The van der Waals surface area contributed by atoms with Crippen LogP contribution in [-0.2, 0) is 6.18 Å². The van der Waals surface area contributed by atoms with Crippen LogP contribution in [0.3, 0.4) is 0 Å². The summed E-state index contributed by atoms with van der Waals surface area (Å²) in [5.41, 5.74) is -1.95. The summed E-state index contributed by atoms with van der Waals surface area (Å²) in [6, 6.07) is 6.30. The Morgan fingerprint density at radius 1 is 1.03 bits per heavy atom. The predicted molar refractivity (Wildman–Crippen MR) is 105 cm³/mol. The number of nitrogens with one attached hydrogen (secondary N) is 1. The highest BCUT2D eigenvalue weighted by Crippen LogP contribution is 2.32. The summed E-state index contributed by atoms with van der Waals surface area (Å²) in [6.45, 7) is 0.897. The number of anilines is 2. The first kappa shape index (κ1) is 22.0. The van der Waals surface area contributed by atoms with E-state index in [9.17, 15) is 22.8 Å². The molecule has 0 bridgehead atoms. The van der Waals surface area contributed by atoms with Gasteiger partial charge in [0.2, 0.25) is 0 Å². The van der Waals surface area contributed by atoms with E-state index < -0.39 is 29.4 Å². The number of urea groups is 1. The molecule has 0 aliphatic carbocycles. The fraction of sp³-hybridized carbons (Fsp3) is 0.278. The number of hydrogen-bond acceptors (Lipinski definition) is 4. The molecular formula is C18H15Cl2F3N4O3. The van der Waals surface area contributed by atoms with E-state index in [0.717, 1.165) is 6.07 Å². The van der Waals surface area contributed by atoms with Crippen molar-refractivity contribution in [2.75, 3.05) is 36.4 Å². The van der Waals surface area contributed by atoms with Crippen LogP contribution in [0.1, 0.15) is 16.1 Å². The van der Waals surface area contributed by atoms with Crippen molar-refractivity contribution in [2.24, 2.45) is 0 Å². The van der Waals surface area contributed by atoms with Gasteiger partial charge < -0.3 is 20.2 Å². The molecule has 1 aliphatic heterocycles. The highest BCUT2D eigenvalue weighted by atomic mass is 35.5. The normalized spacial score (nSPS) is 14.6. The van der Waals surface area contributed by atoms with Crippen molar-refractivity contribution < 1.29 is 27.9 Å². The minimum Gasteiger partial charge on any atom is -0.478 e. The molecule has 0 radical (unpaired) electrons. The lowest BCUT2D eigenvalue weighted by atomic mass is 10.1. The average molecular weight is 463 g/mol. The van der Waals surface area contributed by atoms with Gasteiger partial charge in [-0.2, -0.15) is 13.2 Å². The Hall–Kier alpha value is -2.72. The van der Waals surface area contributed by atoms with Crippen LogP contribution in [0.25, 0.3) is 0 Å². The number of carbonyl (C=O) groups is 2. The molecule has 1 aromatic heterocycles. The number of rotatable bonds is 3. The maximum Gasteiger partial charge on any atom is 0.434 e. The van der Waals surface area contributed by atoms with Crippen molar-refractivity contribution in [3.8, 4) is 0 Å². The third kappa shape index (κ3) is 5.06. The molecule has 7 nitrogen and oxygen atoms in total. The largest absolute Gasteiger partial charge is 0.478 e. The lowest BCUT2D eigenvalue weighted by Gasteiger charge is -2.35. The van der Waals surface area contributed by atoms with E-state index in [4.69, 9.17) is 28.3 Å². The minimum atomic E-state index is -4.90. The van der Waals surface area contributed by atoms with Crippen LogP contribution < -0.4 is 10.2 Å². The van der Waals surface area contributed by atoms with Gasteiger partial charge in [0.15, 0.2) is 5.69 Å². The quantitative estimate of drug-likeness (QED) is 0.703. The van der Waals surface area contributed by atoms with Crippen LogP contribution >= 0.6 is 23.2 Å². The van der Waals surface area contributed by atoms with Gasteiger partial charge in [0.05, 0.1) is 5.56 Å². The summed E-state index contributed by atoms with van der Waals surface area (Å²) in [5, 5.41) is 12.3. The third-order valence-corrected chi connectivity index (χ3v) is 4.82. The third-order valence-electron chi connectivity index (χ3n) is 4.38. The van der Waals surface area contributed by atoms with Gasteiger partial charge in [-0.1, -0.05) is 23.2 Å². The molecule has 1 saturated heterocycles. The summed E-state index contributed by atoms with van der Waals surface area (Å²) in [5.74, 6) is -1.71. The van der Waals surface area contributed by atoms with Crippen LogP contribution in [0.5, 0.6) is 0 Å². The maximum absolute atomic E-state index is 13.2. The first-order chi connectivity index (χ1) is 14.0. The maximum atomic E-state index is 13.2. The summed E-state index contributed by atoms with van der Waals surface area (Å²) in [6.07, 6.45) is -4.90. The molecular weight excluding hydrogens is 448 g/mol. The van der Waals surface area contributed by atoms with Gasteiger partial charge in [-0.15, -0.1) is 0 Å².